The van der Waals surface area contributed by atoms with E-state index in [1.165, 1.54) is 29.1 Å². The molecule has 2 aromatic heterocycles. The molecule has 2 aliphatic rings. The van der Waals surface area contributed by atoms with Gasteiger partial charge in [-0.15, -0.1) is 0 Å². The molecule has 5 rings (SSSR count). The Kier molecular flexibility index (Phi) is 5.68. The summed E-state index contributed by atoms with van der Waals surface area (Å²) in [5.74, 6) is 0. The standard InChI is InChI=1S/C24H24ClN5O2/c25-19-5-6-21-18(16-19)4-3-17-2-1-9-26-22(17)23(21)28-12-14-29(15-13-28)24(31)27-20-7-10-30(32)11-8-20/h1-2,5-11,16,23,32H,3-4,12-15H2. The molecule has 2 amide bonds. The topological polar surface area (TPSA) is 74.0 Å². The monoisotopic (exact) mass is 449 g/mol. The molecule has 1 aliphatic heterocycles. The van der Waals surface area contributed by atoms with Crippen LogP contribution in [0.25, 0.3) is 0 Å². The molecule has 0 saturated carbocycles. The maximum atomic E-state index is 12.7. The normalized spacial score (nSPS) is 18.4. The minimum absolute atomic E-state index is 0.0456. The number of halogens is 1. The van der Waals surface area contributed by atoms with Crippen molar-refractivity contribution >= 4 is 17.6 Å². The smallest absolute Gasteiger partial charge is 0.344 e. The quantitative estimate of drug-likeness (QED) is 0.578. The SMILES string of the molecule is O=C(N=c1ccn(O)cc1)N1CCN(C2c3ccc(Cl)cc3CCc3cccnc32)CC1. The Bertz CT molecular complexity index is 1200. The van der Waals surface area contributed by atoms with Crippen molar-refractivity contribution in [3.05, 3.63) is 93.8 Å². The summed E-state index contributed by atoms with van der Waals surface area (Å²) in [7, 11) is 0. The van der Waals surface area contributed by atoms with Crippen molar-refractivity contribution in [1.29, 1.82) is 0 Å². The van der Waals surface area contributed by atoms with Crippen LogP contribution in [0.15, 0.2) is 66.0 Å². The molecule has 1 fully saturated rings. The largest absolute Gasteiger partial charge is 0.429 e. The predicted octanol–water partition coefficient (Wildman–Crippen LogP) is 3.30. The van der Waals surface area contributed by atoms with Gasteiger partial charge in [0.1, 0.15) is 0 Å². The van der Waals surface area contributed by atoms with Gasteiger partial charge in [0.2, 0.25) is 0 Å². The number of carbonyl (C=O) groups excluding carboxylic acids is 1. The number of urea groups is 1. The maximum Gasteiger partial charge on any atom is 0.344 e. The molecule has 3 aromatic rings. The summed E-state index contributed by atoms with van der Waals surface area (Å²) in [5.41, 5.74) is 4.88. The lowest BCUT2D eigenvalue weighted by Crippen LogP contribution is -2.49. The maximum absolute atomic E-state index is 12.7. The van der Waals surface area contributed by atoms with Crippen molar-refractivity contribution in [3.8, 4) is 0 Å². The molecule has 8 heteroatoms. The van der Waals surface area contributed by atoms with Crippen LogP contribution in [0.3, 0.4) is 0 Å². The number of amides is 2. The third-order valence-electron chi connectivity index (χ3n) is 6.22. The predicted molar refractivity (Wildman–Crippen MR) is 121 cm³/mol. The lowest BCUT2D eigenvalue weighted by molar-refractivity contribution is 0.123. The van der Waals surface area contributed by atoms with Gasteiger partial charge in [0.15, 0.2) is 0 Å². The number of pyridine rings is 2. The summed E-state index contributed by atoms with van der Waals surface area (Å²) in [6.07, 6.45) is 6.64. The number of aryl methyl sites for hydroxylation is 2. The lowest BCUT2D eigenvalue weighted by Gasteiger charge is -2.39. The Hall–Kier alpha value is -3.16. The molecule has 164 valence electrons. The van der Waals surface area contributed by atoms with Crippen molar-refractivity contribution in [3.63, 3.8) is 0 Å². The Morgan fingerprint density at radius 3 is 2.56 bits per heavy atom. The summed E-state index contributed by atoms with van der Waals surface area (Å²) in [6, 6.07) is 13.3. The molecule has 1 N–H and O–H groups in total. The van der Waals surface area contributed by atoms with Crippen molar-refractivity contribution < 1.29 is 10.0 Å². The van der Waals surface area contributed by atoms with E-state index in [0.29, 0.717) is 18.4 Å². The van der Waals surface area contributed by atoms with Crippen LogP contribution < -0.4 is 5.36 Å². The number of hydrogen-bond donors (Lipinski definition) is 1. The van der Waals surface area contributed by atoms with E-state index >= 15 is 0 Å². The van der Waals surface area contributed by atoms with E-state index in [4.69, 9.17) is 16.6 Å². The summed E-state index contributed by atoms with van der Waals surface area (Å²) < 4.78 is 0.923. The highest BCUT2D eigenvalue weighted by Crippen LogP contribution is 2.37. The number of rotatable bonds is 1. The zero-order valence-electron chi connectivity index (χ0n) is 17.6. The number of aromatic nitrogens is 2. The van der Waals surface area contributed by atoms with E-state index in [0.717, 1.165) is 41.4 Å². The van der Waals surface area contributed by atoms with Crippen molar-refractivity contribution in [2.75, 3.05) is 26.2 Å². The zero-order chi connectivity index (χ0) is 22.1. The minimum atomic E-state index is -0.257. The van der Waals surface area contributed by atoms with Gasteiger partial charge < -0.3 is 10.1 Å². The summed E-state index contributed by atoms with van der Waals surface area (Å²) in [5, 5.41) is 10.6. The fourth-order valence-electron chi connectivity index (χ4n) is 4.59. The van der Waals surface area contributed by atoms with E-state index in [2.05, 4.69) is 28.1 Å². The van der Waals surface area contributed by atoms with E-state index < -0.39 is 0 Å². The summed E-state index contributed by atoms with van der Waals surface area (Å²) in [6.45, 7) is 2.65. The van der Waals surface area contributed by atoms with E-state index in [1.54, 1.807) is 17.0 Å². The number of hydrogen-bond acceptors (Lipinski definition) is 4. The van der Waals surface area contributed by atoms with Gasteiger partial charge in [-0.25, -0.2) is 9.52 Å². The van der Waals surface area contributed by atoms with Crippen molar-refractivity contribution in [2.45, 2.75) is 18.9 Å². The fraction of sp³-hybridized carbons (Fsp3) is 0.292. The van der Waals surface area contributed by atoms with Gasteiger partial charge in [0.05, 0.1) is 17.1 Å². The van der Waals surface area contributed by atoms with Crippen LogP contribution in [-0.4, -0.2) is 56.9 Å². The molecule has 1 saturated heterocycles. The first-order chi connectivity index (χ1) is 15.6. The second-order valence-electron chi connectivity index (χ2n) is 8.15. The van der Waals surface area contributed by atoms with Crippen molar-refractivity contribution in [2.24, 2.45) is 4.99 Å². The zero-order valence-corrected chi connectivity index (χ0v) is 18.3. The van der Waals surface area contributed by atoms with Gasteiger partial charge in [-0.05, 0) is 59.9 Å². The fourth-order valence-corrected chi connectivity index (χ4v) is 4.78. The molecule has 1 unspecified atom stereocenters. The van der Waals surface area contributed by atoms with Gasteiger partial charge in [-0.2, -0.15) is 4.99 Å². The highest BCUT2D eigenvalue weighted by atomic mass is 35.5. The van der Waals surface area contributed by atoms with Gasteiger partial charge in [-0.1, -0.05) is 23.7 Å². The van der Waals surface area contributed by atoms with Gasteiger partial charge in [0.25, 0.3) is 0 Å². The number of fused-ring (bicyclic) bond motifs is 2. The molecule has 0 bridgehead atoms. The Morgan fingerprint density at radius 1 is 1.03 bits per heavy atom. The average molecular weight is 450 g/mol. The molecule has 7 nitrogen and oxygen atoms in total. The second kappa shape index (κ2) is 8.76. The lowest BCUT2D eigenvalue weighted by atomic mass is 9.96. The Balaban J connectivity index is 1.39. The molecule has 0 spiro atoms. The van der Waals surface area contributed by atoms with Crippen LogP contribution in [0.4, 0.5) is 4.79 Å². The van der Waals surface area contributed by atoms with Crippen LogP contribution in [-0.2, 0) is 12.8 Å². The molecule has 1 atom stereocenters. The van der Waals surface area contributed by atoms with Crippen LogP contribution >= 0.6 is 11.6 Å². The third kappa shape index (κ3) is 4.13. The Labute approximate surface area is 191 Å². The molecule has 32 heavy (non-hydrogen) atoms. The molecule has 0 radical (unpaired) electrons. The van der Waals surface area contributed by atoms with Crippen LogP contribution in [0.5, 0.6) is 0 Å². The number of piperazine rings is 1. The number of carbonyl (C=O) groups is 1. The van der Waals surface area contributed by atoms with Crippen LogP contribution in [0.2, 0.25) is 5.02 Å². The molecule has 1 aromatic carbocycles. The first-order valence-electron chi connectivity index (χ1n) is 10.8. The van der Waals surface area contributed by atoms with E-state index in [9.17, 15) is 10.0 Å². The number of benzene rings is 1. The van der Waals surface area contributed by atoms with Gasteiger partial charge in [0, 0.05) is 49.8 Å². The highest BCUT2D eigenvalue weighted by Gasteiger charge is 2.33. The van der Waals surface area contributed by atoms with E-state index in [-0.39, 0.29) is 12.1 Å². The summed E-state index contributed by atoms with van der Waals surface area (Å²) >= 11 is 6.30. The van der Waals surface area contributed by atoms with Crippen LogP contribution in [0, 0.1) is 0 Å². The van der Waals surface area contributed by atoms with Crippen LogP contribution in [0.1, 0.15) is 28.4 Å². The van der Waals surface area contributed by atoms with E-state index in [1.807, 2.05) is 18.3 Å². The second-order valence-corrected chi connectivity index (χ2v) is 8.58. The summed E-state index contributed by atoms with van der Waals surface area (Å²) in [4.78, 5) is 25.8. The molecular weight excluding hydrogens is 426 g/mol. The minimum Gasteiger partial charge on any atom is -0.429 e. The average Bonchev–Trinajstić information content (AvgIpc) is 2.97. The first kappa shape index (κ1) is 20.7. The van der Waals surface area contributed by atoms with Gasteiger partial charge >= 0.3 is 6.03 Å². The molecule has 3 heterocycles. The molecule has 1 aliphatic carbocycles. The molecular formula is C24H24ClN5O2. The highest BCUT2D eigenvalue weighted by molar-refractivity contribution is 6.30. The van der Waals surface area contributed by atoms with Crippen molar-refractivity contribution in [1.82, 2.24) is 19.5 Å². The third-order valence-corrected chi connectivity index (χ3v) is 6.45. The number of nitrogens with zero attached hydrogens (tertiary/aromatic N) is 5. The van der Waals surface area contributed by atoms with Gasteiger partial charge in [-0.3, -0.25) is 9.88 Å². The first-order valence-corrected chi connectivity index (χ1v) is 11.1. The Morgan fingerprint density at radius 2 is 1.78 bits per heavy atom.